The number of hydrogen-bond donors (Lipinski definition) is 0. The maximum absolute atomic E-state index is 10.4. The first kappa shape index (κ1) is 47.5. The van der Waals surface area contributed by atoms with Crippen molar-refractivity contribution in [3.05, 3.63) is 0 Å². The third-order valence-corrected chi connectivity index (χ3v) is 2.14. The van der Waals surface area contributed by atoms with Gasteiger partial charge in [-0.3, -0.25) is 9.80 Å². The molecule has 0 aromatic rings. The molecule has 10 nitrogen and oxygen atoms in total. The molecule has 0 rings (SSSR count). The molecule has 0 fully saturated rings. The van der Waals surface area contributed by atoms with E-state index in [2.05, 4.69) is 0 Å². The number of hydrogen-bond acceptors (Lipinski definition) is 10. The molecule has 0 amide bonds. The number of nitrogens with zero attached hydrogens (tertiary/aromatic N) is 2. The Morgan fingerprint density at radius 2 is 0.615 bits per heavy atom. The topological polar surface area (TPSA) is 167 Å². The Bertz CT molecular complexity index is 336. The Kier molecular flexibility index (Phi) is 52.7. The molecule has 16 heteroatoms. The second kappa shape index (κ2) is 28.8. The molecule has 0 aromatic heterocycles. The summed E-state index contributed by atoms with van der Waals surface area (Å²) in [4.78, 5) is 43.4. The van der Waals surface area contributed by atoms with E-state index < -0.39 is 50.1 Å². The zero-order valence-electron chi connectivity index (χ0n) is 16.4. The van der Waals surface area contributed by atoms with E-state index in [1.807, 2.05) is 0 Å². The molecule has 0 aliphatic carbocycles. The van der Waals surface area contributed by atoms with Crippen molar-refractivity contribution in [2.45, 2.75) is 0 Å². The van der Waals surface area contributed by atoms with Gasteiger partial charge in [0.25, 0.3) is 0 Å². The molecule has 0 unspecified atom stereocenters. The third kappa shape index (κ3) is 32.5. The van der Waals surface area contributed by atoms with Gasteiger partial charge in [0.2, 0.25) is 0 Å². The second-order valence-electron chi connectivity index (χ2n) is 3.91. The number of aliphatic carboxylic acids is 4. The van der Waals surface area contributed by atoms with Gasteiger partial charge in [-0.25, -0.2) is 0 Å². The summed E-state index contributed by atoms with van der Waals surface area (Å²) in [6.07, 6.45) is 0. The average molecular weight is 426 g/mol. The molecule has 0 aliphatic heterocycles. The van der Waals surface area contributed by atoms with Gasteiger partial charge in [0.1, 0.15) is 0 Å². The first-order chi connectivity index (χ1) is 9.20. The Morgan fingerprint density at radius 3 is 0.731 bits per heavy atom. The summed E-state index contributed by atoms with van der Waals surface area (Å²) >= 11 is 0. The summed E-state index contributed by atoms with van der Waals surface area (Å²) in [7, 11) is 0. The quantitative estimate of drug-likeness (QED) is 0.289. The van der Waals surface area contributed by atoms with Crippen molar-refractivity contribution in [3.63, 3.8) is 0 Å². The van der Waals surface area contributed by atoms with Crippen LogP contribution in [0, 0.1) is 0 Å². The molecule has 0 bridgehead atoms. The van der Waals surface area contributed by atoms with Crippen LogP contribution in [0.3, 0.4) is 0 Å². The molecule has 0 aliphatic rings. The monoisotopic (exact) mass is 426 g/mol. The van der Waals surface area contributed by atoms with E-state index in [1.54, 1.807) is 0 Å². The van der Waals surface area contributed by atoms with Crippen molar-refractivity contribution in [2.24, 2.45) is 0 Å². The van der Waals surface area contributed by atoms with Gasteiger partial charge in [-0.05, 0) is 0 Å². The van der Waals surface area contributed by atoms with Gasteiger partial charge in [-0.2, -0.15) is 0 Å². The van der Waals surface area contributed by atoms with Gasteiger partial charge in [-0.1, -0.05) is 0 Å². The van der Waals surface area contributed by atoms with E-state index in [-0.39, 0.29) is 190 Å². The van der Waals surface area contributed by atoms with Crippen molar-refractivity contribution in [2.75, 3.05) is 39.3 Å². The summed E-state index contributed by atoms with van der Waals surface area (Å²) < 4.78 is 0. The maximum atomic E-state index is 10.4. The fourth-order valence-corrected chi connectivity index (χ4v) is 1.44. The minimum absolute atomic E-state index is 0. The third-order valence-electron chi connectivity index (χ3n) is 2.14. The molecule has 0 spiro atoms. The van der Waals surface area contributed by atoms with Crippen LogP contribution in [0.1, 0.15) is 0 Å². The Morgan fingerprint density at radius 1 is 0.462 bits per heavy atom. The van der Waals surface area contributed by atoms with Crippen molar-refractivity contribution in [1.29, 1.82) is 0 Å². The molecule has 0 aromatic carbocycles. The predicted octanol–water partition coefficient (Wildman–Crippen LogP) is -25.4. The average Bonchev–Trinajstić information content (AvgIpc) is 2.22. The van der Waals surface area contributed by atoms with Gasteiger partial charge in [-0.15, -0.1) is 0 Å². The number of carboxylic acid groups (broad SMARTS) is 4. The number of carbonyl (C=O) groups excluding carboxylic acids is 4. The SMILES string of the molecule is O=C([O-])CN(CCN(CC(=O)[O-])CC(=O)[O-])CC(=O)[O-].[Na+].[Na+].[Na+].[Na+].[Na+].[Na+]. The molecule has 0 atom stereocenters. The molecule has 0 N–H and O–H groups in total. The smallest absolute Gasteiger partial charge is 0.549 e. The molecule has 114 valence electrons. The van der Waals surface area contributed by atoms with E-state index in [9.17, 15) is 39.6 Å². The summed E-state index contributed by atoms with van der Waals surface area (Å²) in [6.45, 7) is -3.25. The van der Waals surface area contributed by atoms with Crippen LogP contribution in [0.25, 0.3) is 0 Å². The number of carbonyl (C=O) groups is 4. The zero-order chi connectivity index (χ0) is 15.7. The van der Waals surface area contributed by atoms with Crippen LogP contribution in [0.2, 0.25) is 0 Å². The summed E-state index contributed by atoms with van der Waals surface area (Å²) in [5.41, 5.74) is 0. The van der Waals surface area contributed by atoms with Gasteiger partial charge >= 0.3 is 177 Å². The van der Waals surface area contributed by atoms with Crippen LogP contribution in [0.15, 0.2) is 0 Å². The van der Waals surface area contributed by atoms with Crippen LogP contribution in [-0.4, -0.2) is 72.9 Å². The van der Waals surface area contributed by atoms with Gasteiger partial charge < -0.3 is 39.6 Å². The van der Waals surface area contributed by atoms with Crippen molar-refractivity contribution >= 4 is 23.9 Å². The van der Waals surface area contributed by atoms with Gasteiger partial charge in [0, 0.05) is 39.3 Å². The second-order valence-corrected chi connectivity index (χ2v) is 3.91. The number of carboxylic acids is 4. The van der Waals surface area contributed by atoms with Crippen LogP contribution in [0.5, 0.6) is 0 Å². The predicted molar refractivity (Wildman–Crippen MR) is 52.9 cm³/mol. The van der Waals surface area contributed by atoms with E-state index in [1.165, 1.54) is 0 Å². The first-order valence-electron chi connectivity index (χ1n) is 5.44. The molecular weight excluding hydrogens is 414 g/mol. The van der Waals surface area contributed by atoms with E-state index >= 15 is 0 Å². The standard InChI is InChI=1S/C10H16N2O8.6Na/c13-7(14)3-11(4-8(15)16)1-2-12(5-9(17)18)6-10(19)20;;;;;;/h1-6H2,(H,13,14)(H,15,16)(H,17,18)(H,19,20);;;;;;/q;6*+1/p-4. The van der Waals surface area contributed by atoms with Gasteiger partial charge in [0.15, 0.2) is 0 Å². The molecule has 26 heavy (non-hydrogen) atoms. The summed E-state index contributed by atoms with van der Waals surface area (Å²) in [5, 5.41) is 41.6. The molecular formula is C10H12N2Na6O8+2. The van der Waals surface area contributed by atoms with Crippen molar-refractivity contribution < 1.29 is 217 Å². The molecule has 0 saturated heterocycles. The molecule has 0 saturated carbocycles. The van der Waals surface area contributed by atoms with E-state index in [4.69, 9.17) is 0 Å². The Labute approximate surface area is 284 Å². The minimum Gasteiger partial charge on any atom is -0.549 e. The molecule has 0 heterocycles. The first-order valence-corrected chi connectivity index (χ1v) is 5.44. The maximum Gasteiger partial charge on any atom is 1.00 e. The van der Waals surface area contributed by atoms with E-state index in [0.29, 0.717) is 0 Å². The zero-order valence-corrected chi connectivity index (χ0v) is 28.4. The van der Waals surface area contributed by atoms with Crippen LogP contribution in [-0.2, 0) is 19.2 Å². The van der Waals surface area contributed by atoms with Crippen molar-refractivity contribution in [1.82, 2.24) is 9.80 Å². The molecule has 0 radical (unpaired) electrons. The Balaban J connectivity index is -0.000000120. The number of rotatable bonds is 11. The van der Waals surface area contributed by atoms with Crippen LogP contribution < -0.4 is 198 Å². The van der Waals surface area contributed by atoms with E-state index in [0.717, 1.165) is 9.80 Å². The largest absolute Gasteiger partial charge is 1.00 e. The van der Waals surface area contributed by atoms with Gasteiger partial charge in [0.05, 0.1) is 23.9 Å². The van der Waals surface area contributed by atoms with Crippen LogP contribution >= 0.6 is 0 Å². The van der Waals surface area contributed by atoms with Crippen molar-refractivity contribution in [3.8, 4) is 0 Å². The normalized spacial score (nSPS) is 8.23. The minimum atomic E-state index is -1.53. The fraction of sp³-hybridized carbons (Fsp3) is 0.600. The summed E-state index contributed by atoms with van der Waals surface area (Å²) in [5.74, 6) is -6.12. The van der Waals surface area contributed by atoms with Crippen LogP contribution in [0.4, 0.5) is 0 Å². The summed E-state index contributed by atoms with van der Waals surface area (Å²) in [6, 6.07) is 0. The Hall–Kier alpha value is 3.80. The fourth-order valence-electron chi connectivity index (χ4n) is 1.44.